The van der Waals surface area contributed by atoms with Gasteiger partial charge in [0.05, 0.1) is 17.8 Å². The summed E-state index contributed by atoms with van der Waals surface area (Å²) in [5.41, 5.74) is 6.58. The van der Waals surface area contributed by atoms with Gasteiger partial charge in [-0.2, -0.15) is 0 Å². The molecule has 1 unspecified atom stereocenters. The fraction of sp³-hybridized carbons (Fsp3) is 0.727. The van der Waals surface area contributed by atoms with Crippen molar-refractivity contribution in [1.82, 2.24) is 9.55 Å². The van der Waals surface area contributed by atoms with E-state index in [1.165, 1.54) is 0 Å². The number of aryl methyl sites for hydroxylation is 1. The number of sulfone groups is 1. The first-order chi connectivity index (χ1) is 7.93. The molecule has 0 bridgehead atoms. The molecule has 0 saturated heterocycles. The van der Waals surface area contributed by atoms with E-state index in [4.69, 9.17) is 5.73 Å². The van der Waals surface area contributed by atoms with Crippen LogP contribution in [-0.4, -0.2) is 35.5 Å². The molecule has 2 N–H and O–H groups in total. The van der Waals surface area contributed by atoms with Crippen molar-refractivity contribution in [2.75, 3.05) is 11.5 Å². The highest BCUT2D eigenvalue weighted by Crippen LogP contribution is 2.01. The molecule has 0 fully saturated rings. The number of aromatic nitrogens is 2. The number of nitrogens with zero attached hydrogens (tertiary/aromatic N) is 2. The summed E-state index contributed by atoms with van der Waals surface area (Å²) in [5, 5.41) is 0. The van der Waals surface area contributed by atoms with Crippen LogP contribution in [0.15, 0.2) is 12.5 Å². The van der Waals surface area contributed by atoms with Crippen molar-refractivity contribution >= 4 is 9.84 Å². The van der Waals surface area contributed by atoms with E-state index in [0.717, 1.165) is 5.69 Å². The Hall–Kier alpha value is -0.880. The van der Waals surface area contributed by atoms with Crippen LogP contribution in [0.4, 0.5) is 0 Å². The van der Waals surface area contributed by atoms with Gasteiger partial charge in [0.15, 0.2) is 9.84 Å². The molecule has 1 heterocycles. The molecule has 17 heavy (non-hydrogen) atoms. The van der Waals surface area contributed by atoms with E-state index in [2.05, 4.69) is 4.98 Å². The van der Waals surface area contributed by atoms with Crippen LogP contribution in [0.25, 0.3) is 0 Å². The van der Waals surface area contributed by atoms with E-state index in [1.54, 1.807) is 6.33 Å². The van der Waals surface area contributed by atoms with E-state index >= 15 is 0 Å². The monoisotopic (exact) mass is 259 g/mol. The lowest BCUT2D eigenvalue weighted by atomic mass is 10.2. The topological polar surface area (TPSA) is 78.0 Å². The zero-order chi connectivity index (χ0) is 12.9. The quantitative estimate of drug-likeness (QED) is 0.777. The van der Waals surface area contributed by atoms with Gasteiger partial charge in [-0.05, 0) is 13.3 Å². The molecule has 6 heteroatoms. The highest BCUT2D eigenvalue weighted by Gasteiger charge is 2.09. The van der Waals surface area contributed by atoms with Crippen LogP contribution in [0, 0.1) is 0 Å². The Labute approximate surface area is 103 Å². The van der Waals surface area contributed by atoms with Crippen molar-refractivity contribution < 1.29 is 8.42 Å². The molecule has 1 atom stereocenters. The van der Waals surface area contributed by atoms with Gasteiger partial charge in [0.25, 0.3) is 0 Å². The molecule has 0 aliphatic carbocycles. The van der Waals surface area contributed by atoms with Gasteiger partial charge >= 0.3 is 0 Å². The van der Waals surface area contributed by atoms with Gasteiger partial charge in [0, 0.05) is 31.0 Å². The van der Waals surface area contributed by atoms with Gasteiger partial charge in [-0.25, -0.2) is 13.4 Å². The predicted octanol–water partition coefficient (Wildman–Crippen LogP) is 0.598. The van der Waals surface area contributed by atoms with E-state index in [-0.39, 0.29) is 17.5 Å². The van der Waals surface area contributed by atoms with Gasteiger partial charge in [-0.3, -0.25) is 0 Å². The maximum absolute atomic E-state index is 11.5. The molecule has 1 aromatic rings. The Bertz CT molecular complexity index is 437. The SMILES string of the molecule is CCCS(=O)(=O)CCn1cnc(CC(C)N)c1. The number of nitrogens with two attached hydrogens (primary N) is 1. The number of rotatable bonds is 7. The third kappa shape index (κ3) is 5.32. The summed E-state index contributed by atoms with van der Waals surface area (Å²) >= 11 is 0. The van der Waals surface area contributed by atoms with Crippen molar-refractivity contribution in [3.8, 4) is 0 Å². The van der Waals surface area contributed by atoms with Crippen LogP contribution in [0.3, 0.4) is 0 Å². The fourth-order valence-electron chi connectivity index (χ4n) is 1.62. The fourth-order valence-corrected chi connectivity index (χ4v) is 2.94. The van der Waals surface area contributed by atoms with Crippen molar-refractivity contribution in [2.24, 2.45) is 5.73 Å². The molecule has 0 aromatic carbocycles. The van der Waals surface area contributed by atoms with E-state index in [1.807, 2.05) is 24.6 Å². The summed E-state index contributed by atoms with van der Waals surface area (Å²) in [5.74, 6) is 0.434. The van der Waals surface area contributed by atoms with E-state index in [0.29, 0.717) is 19.4 Å². The second kappa shape index (κ2) is 6.16. The Morgan fingerprint density at radius 3 is 2.76 bits per heavy atom. The van der Waals surface area contributed by atoms with E-state index in [9.17, 15) is 8.42 Å². The molecule has 0 aliphatic heterocycles. The summed E-state index contributed by atoms with van der Waals surface area (Å²) < 4.78 is 24.9. The summed E-state index contributed by atoms with van der Waals surface area (Å²) in [4.78, 5) is 4.19. The standard InChI is InChI=1S/C11H21N3O2S/c1-3-5-17(15,16)6-4-14-8-11(13-9-14)7-10(2)12/h8-10H,3-7,12H2,1-2H3. The molecule has 1 aromatic heterocycles. The van der Waals surface area contributed by atoms with Crippen molar-refractivity contribution in [1.29, 1.82) is 0 Å². The van der Waals surface area contributed by atoms with Crippen LogP contribution in [0.1, 0.15) is 26.0 Å². The zero-order valence-corrected chi connectivity index (χ0v) is 11.3. The highest BCUT2D eigenvalue weighted by atomic mass is 32.2. The summed E-state index contributed by atoms with van der Waals surface area (Å²) in [6.45, 7) is 4.26. The molecule has 1 rings (SSSR count). The minimum absolute atomic E-state index is 0.0715. The average molecular weight is 259 g/mol. The summed E-state index contributed by atoms with van der Waals surface area (Å²) in [7, 11) is -2.92. The smallest absolute Gasteiger partial charge is 0.152 e. The molecule has 0 radical (unpaired) electrons. The van der Waals surface area contributed by atoms with Crippen LogP contribution >= 0.6 is 0 Å². The third-order valence-electron chi connectivity index (χ3n) is 2.39. The third-order valence-corrected chi connectivity index (χ3v) is 4.23. The minimum atomic E-state index is -2.92. The molecule has 0 amide bonds. The number of hydrogen-bond donors (Lipinski definition) is 1. The van der Waals surface area contributed by atoms with Crippen LogP contribution in [0.5, 0.6) is 0 Å². The average Bonchev–Trinajstić information content (AvgIpc) is 2.62. The molecule has 0 spiro atoms. The van der Waals surface area contributed by atoms with Gasteiger partial charge in [0.1, 0.15) is 0 Å². The predicted molar refractivity (Wildman–Crippen MR) is 68.5 cm³/mol. The van der Waals surface area contributed by atoms with Crippen LogP contribution < -0.4 is 5.73 Å². The number of imidazole rings is 1. The zero-order valence-electron chi connectivity index (χ0n) is 10.5. The Morgan fingerprint density at radius 2 is 2.18 bits per heavy atom. The first kappa shape index (κ1) is 14.2. The molecule has 0 saturated carbocycles. The minimum Gasteiger partial charge on any atom is -0.336 e. The maximum Gasteiger partial charge on any atom is 0.152 e. The molecule has 5 nitrogen and oxygen atoms in total. The first-order valence-corrected chi connectivity index (χ1v) is 7.71. The summed E-state index contributed by atoms with van der Waals surface area (Å²) in [6.07, 6.45) is 4.92. The van der Waals surface area contributed by atoms with Gasteiger partial charge in [-0.15, -0.1) is 0 Å². The molecule has 98 valence electrons. The summed E-state index contributed by atoms with van der Waals surface area (Å²) in [6, 6.07) is 0.0715. The Kier molecular flexibility index (Phi) is 5.14. The number of hydrogen-bond acceptors (Lipinski definition) is 4. The lowest BCUT2D eigenvalue weighted by Gasteiger charge is -2.03. The normalized spacial score (nSPS) is 13.8. The lowest BCUT2D eigenvalue weighted by Crippen LogP contribution is -2.18. The van der Waals surface area contributed by atoms with Crippen molar-refractivity contribution in [3.05, 3.63) is 18.2 Å². The largest absolute Gasteiger partial charge is 0.336 e. The van der Waals surface area contributed by atoms with Crippen LogP contribution in [0.2, 0.25) is 0 Å². The first-order valence-electron chi connectivity index (χ1n) is 5.89. The Balaban J connectivity index is 2.50. The maximum atomic E-state index is 11.5. The molecule has 0 aliphatic rings. The molecular weight excluding hydrogens is 238 g/mol. The molecular formula is C11H21N3O2S. The van der Waals surface area contributed by atoms with Gasteiger partial charge in [0.2, 0.25) is 0 Å². The Morgan fingerprint density at radius 1 is 1.47 bits per heavy atom. The lowest BCUT2D eigenvalue weighted by molar-refractivity contribution is 0.587. The second-order valence-electron chi connectivity index (χ2n) is 4.44. The highest BCUT2D eigenvalue weighted by molar-refractivity contribution is 7.91. The van der Waals surface area contributed by atoms with Crippen molar-refractivity contribution in [3.63, 3.8) is 0 Å². The van der Waals surface area contributed by atoms with Crippen molar-refractivity contribution in [2.45, 2.75) is 39.3 Å². The van der Waals surface area contributed by atoms with Gasteiger partial charge in [-0.1, -0.05) is 6.92 Å². The van der Waals surface area contributed by atoms with Crippen LogP contribution in [-0.2, 0) is 22.8 Å². The second-order valence-corrected chi connectivity index (χ2v) is 6.74. The van der Waals surface area contributed by atoms with Gasteiger partial charge < -0.3 is 10.3 Å². The van der Waals surface area contributed by atoms with E-state index < -0.39 is 9.84 Å².